The summed E-state index contributed by atoms with van der Waals surface area (Å²) in [5.41, 5.74) is -1.15. The van der Waals surface area contributed by atoms with Crippen molar-refractivity contribution in [2.45, 2.75) is 38.4 Å². The fourth-order valence-corrected chi connectivity index (χ4v) is 5.58. The highest BCUT2D eigenvalue weighted by molar-refractivity contribution is 6.09. The molecule has 3 amide bonds. The van der Waals surface area contributed by atoms with Crippen molar-refractivity contribution in [1.82, 2.24) is 10.2 Å². The van der Waals surface area contributed by atoms with E-state index < -0.39 is 34.8 Å². The lowest BCUT2D eigenvalue weighted by molar-refractivity contribution is -0.136. The molecule has 3 aromatic carbocycles. The van der Waals surface area contributed by atoms with Gasteiger partial charge in [-0.05, 0) is 42.2 Å². The quantitative estimate of drug-likeness (QED) is 0.128. The summed E-state index contributed by atoms with van der Waals surface area (Å²) in [5, 5.41) is 2.71. The number of aryl methyl sites for hydroxylation is 2. The van der Waals surface area contributed by atoms with E-state index >= 15 is 0 Å². The lowest BCUT2D eigenvalue weighted by atomic mass is 9.80. The zero-order chi connectivity index (χ0) is 31.5. The molecule has 1 aliphatic rings. The van der Waals surface area contributed by atoms with Crippen molar-refractivity contribution in [3.8, 4) is 5.75 Å². The summed E-state index contributed by atoms with van der Waals surface area (Å²) in [4.78, 5) is 40.0. The third-order valence-corrected chi connectivity index (χ3v) is 7.58. The van der Waals surface area contributed by atoms with Crippen LogP contribution in [-0.2, 0) is 27.7 Å². The van der Waals surface area contributed by atoms with Crippen LogP contribution in [0.4, 0.5) is 18.0 Å². The summed E-state index contributed by atoms with van der Waals surface area (Å²) in [6.07, 6.45) is -3.82. The van der Waals surface area contributed by atoms with E-state index in [1.165, 1.54) is 12.1 Å². The van der Waals surface area contributed by atoms with Gasteiger partial charge >= 0.3 is 17.8 Å². The first-order chi connectivity index (χ1) is 21.1. The summed E-state index contributed by atoms with van der Waals surface area (Å²) >= 11 is 0. The molecule has 5 rings (SSSR count). The van der Waals surface area contributed by atoms with Crippen molar-refractivity contribution in [1.29, 1.82) is 0 Å². The second kappa shape index (κ2) is 12.5. The molecule has 0 radical (unpaired) electrons. The molecule has 44 heavy (non-hydrogen) atoms. The Morgan fingerprint density at radius 2 is 1.66 bits per heavy atom. The molecule has 0 saturated carbocycles. The number of nitrogens with one attached hydrogen (secondary N) is 1. The van der Waals surface area contributed by atoms with Gasteiger partial charge in [0.1, 0.15) is 17.9 Å². The Labute approximate surface area is 251 Å². The molecule has 230 valence electrons. The molecular weight excluding hydrogens is 577 g/mol. The van der Waals surface area contributed by atoms with Crippen LogP contribution in [0.25, 0.3) is 11.0 Å². The number of amides is 3. The minimum atomic E-state index is -4.72. The van der Waals surface area contributed by atoms with Crippen LogP contribution in [0.1, 0.15) is 41.2 Å². The molecule has 0 aliphatic carbocycles. The van der Waals surface area contributed by atoms with Gasteiger partial charge in [0.2, 0.25) is 0 Å². The first-order valence-corrected chi connectivity index (χ1v) is 14.2. The molecule has 1 N–H and O–H groups in total. The fraction of sp³-hybridized carbons (Fsp3) is 0.303. The van der Waals surface area contributed by atoms with E-state index in [1.807, 2.05) is 56.3 Å². The van der Waals surface area contributed by atoms with Crippen molar-refractivity contribution in [2.75, 3.05) is 26.4 Å². The maximum Gasteiger partial charge on any atom is 0.417 e. The van der Waals surface area contributed by atoms with E-state index in [0.29, 0.717) is 35.6 Å². The van der Waals surface area contributed by atoms with Crippen molar-refractivity contribution in [2.24, 2.45) is 0 Å². The van der Waals surface area contributed by atoms with Crippen LogP contribution in [0.2, 0.25) is 0 Å². The number of hydrogen-bond acceptors (Lipinski definition) is 6. The minimum absolute atomic E-state index is 0.00638. The van der Waals surface area contributed by atoms with Crippen molar-refractivity contribution < 1.29 is 36.7 Å². The van der Waals surface area contributed by atoms with E-state index in [2.05, 4.69) is 5.32 Å². The van der Waals surface area contributed by atoms with Crippen LogP contribution in [0, 0.1) is 6.92 Å². The number of carbonyl (C=O) groups excluding carboxylic acids is 2. The Kier molecular flexibility index (Phi) is 8.78. The Bertz CT molecular complexity index is 1740. The Morgan fingerprint density at radius 3 is 2.36 bits per heavy atom. The van der Waals surface area contributed by atoms with Gasteiger partial charge in [-0.2, -0.15) is 13.2 Å². The van der Waals surface area contributed by atoms with Crippen molar-refractivity contribution in [3.05, 3.63) is 111 Å². The molecule has 1 atom stereocenters. The zero-order valence-corrected chi connectivity index (χ0v) is 24.2. The number of imide groups is 1. The SMILES string of the molecule is CCCc1c(OCCOCCN2C(=O)NC(c3ccccc3)(c3ccccc3C)C2=O)ccc2c(C(F)(F)F)cc(=O)oc12. The average Bonchev–Trinajstić information content (AvgIpc) is 3.25. The molecule has 1 saturated heterocycles. The maximum absolute atomic E-state index is 13.9. The second-order valence-corrected chi connectivity index (χ2v) is 10.4. The number of halogens is 3. The smallest absolute Gasteiger partial charge is 0.417 e. The van der Waals surface area contributed by atoms with Gasteiger partial charge in [-0.3, -0.25) is 9.69 Å². The number of ether oxygens (including phenoxy) is 2. The van der Waals surface area contributed by atoms with E-state index in [0.717, 1.165) is 10.5 Å². The van der Waals surface area contributed by atoms with Gasteiger partial charge in [-0.25, -0.2) is 9.59 Å². The van der Waals surface area contributed by atoms with Crippen LogP contribution < -0.4 is 15.7 Å². The van der Waals surface area contributed by atoms with Crippen LogP contribution in [0.5, 0.6) is 5.75 Å². The third-order valence-electron chi connectivity index (χ3n) is 7.58. The van der Waals surface area contributed by atoms with E-state index in [9.17, 15) is 27.6 Å². The highest BCUT2D eigenvalue weighted by atomic mass is 19.4. The molecule has 8 nitrogen and oxygen atoms in total. The molecule has 1 aromatic heterocycles. The number of fused-ring (bicyclic) bond motifs is 1. The van der Waals surface area contributed by atoms with Gasteiger partial charge in [-0.1, -0.05) is 67.9 Å². The molecule has 11 heteroatoms. The van der Waals surface area contributed by atoms with Gasteiger partial charge in [0.15, 0.2) is 5.54 Å². The summed E-state index contributed by atoms with van der Waals surface area (Å²) in [7, 11) is 0. The van der Waals surface area contributed by atoms with Gasteiger partial charge in [-0.15, -0.1) is 0 Å². The predicted octanol–water partition coefficient (Wildman–Crippen LogP) is 5.96. The standard InChI is InChI=1S/C33H31F3N2O6/c1-3-9-24-27(15-14-23-26(33(34,35)36)20-28(39)44-29(23)24)43-19-18-42-17-16-38-30(40)32(37-31(38)41,22-11-5-4-6-12-22)25-13-8-7-10-21(25)2/h4-8,10-15,20H,3,9,16-19H2,1-2H3,(H,37,41). The second-order valence-electron chi connectivity index (χ2n) is 10.4. The third kappa shape index (κ3) is 5.79. The van der Waals surface area contributed by atoms with Gasteiger partial charge in [0.25, 0.3) is 5.91 Å². The molecule has 0 spiro atoms. The Balaban J connectivity index is 1.25. The molecular formula is C33H31F3N2O6. The van der Waals surface area contributed by atoms with E-state index in [4.69, 9.17) is 13.9 Å². The van der Waals surface area contributed by atoms with Crippen LogP contribution in [0.15, 0.2) is 82.0 Å². The van der Waals surface area contributed by atoms with E-state index in [-0.39, 0.29) is 43.1 Å². The lowest BCUT2D eigenvalue weighted by Gasteiger charge is -2.29. The monoisotopic (exact) mass is 608 g/mol. The largest absolute Gasteiger partial charge is 0.491 e. The van der Waals surface area contributed by atoms with Crippen molar-refractivity contribution in [3.63, 3.8) is 0 Å². The zero-order valence-electron chi connectivity index (χ0n) is 24.2. The number of rotatable bonds is 11. The maximum atomic E-state index is 13.9. The van der Waals surface area contributed by atoms with Crippen LogP contribution in [-0.4, -0.2) is 43.2 Å². The summed E-state index contributed by atoms with van der Waals surface area (Å²) < 4.78 is 57.3. The van der Waals surface area contributed by atoms with Crippen LogP contribution in [0.3, 0.4) is 0 Å². The highest BCUT2D eigenvalue weighted by Crippen LogP contribution is 2.39. The summed E-state index contributed by atoms with van der Waals surface area (Å²) in [5.74, 6) is -0.131. The molecule has 2 heterocycles. The molecule has 1 aliphatic heterocycles. The Hall–Kier alpha value is -4.64. The molecule has 1 fully saturated rings. The number of nitrogens with zero attached hydrogens (tertiary/aromatic N) is 1. The number of hydrogen-bond donors (Lipinski definition) is 1. The number of alkyl halides is 3. The molecule has 0 bridgehead atoms. The lowest BCUT2D eigenvalue weighted by Crippen LogP contribution is -2.45. The summed E-state index contributed by atoms with van der Waals surface area (Å²) in [6, 6.07) is 19.0. The van der Waals surface area contributed by atoms with Crippen molar-refractivity contribution >= 4 is 22.9 Å². The predicted molar refractivity (Wildman–Crippen MR) is 156 cm³/mol. The topological polar surface area (TPSA) is 98.1 Å². The molecule has 1 unspecified atom stereocenters. The number of benzene rings is 3. The minimum Gasteiger partial charge on any atom is -0.491 e. The normalized spacial score (nSPS) is 16.9. The van der Waals surface area contributed by atoms with Gasteiger partial charge < -0.3 is 19.2 Å². The average molecular weight is 609 g/mol. The fourth-order valence-electron chi connectivity index (χ4n) is 5.58. The number of urea groups is 1. The number of carbonyl (C=O) groups is 2. The van der Waals surface area contributed by atoms with E-state index in [1.54, 1.807) is 12.1 Å². The van der Waals surface area contributed by atoms with Gasteiger partial charge in [0, 0.05) is 17.0 Å². The summed E-state index contributed by atoms with van der Waals surface area (Å²) in [6.45, 7) is 3.86. The highest BCUT2D eigenvalue weighted by Gasteiger charge is 2.54. The Morgan fingerprint density at radius 1 is 0.932 bits per heavy atom. The first-order valence-electron chi connectivity index (χ1n) is 14.2. The molecule has 4 aromatic rings. The first kappa shape index (κ1) is 30.8. The van der Waals surface area contributed by atoms with Gasteiger partial charge in [0.05, 0.1) is 25.3 Å². The van der Waals surface area contributed by atoms with Crippen LogP contribution >= 0.6 is 0 Å².